The van der Waals surface area contributed by atoms with E-state index >= 15 is 0 Å². The number of rotatable bonds is 1. The van der Waals surface area contributed by atoms with Gasteiger partial charge in [0.15, 0.2) is 0 Å². The molecular formula is C16H15N3OS. The molecular weight excluding hydrogens is 282 g/mol. The first kappa shape index (κ1) is 12.6. The topological polar surface area (TPSA) is 37.6 Å². The van der Waals surface area contributed by atoms with E-state index in [-0.39, 0.29) is 5.91 Å². The molecule has 4 heterocycles. The van der Waals surface area contributed by atoms with Gasteiger partial charge in [-0.25, -0.2) is 4.52 Å². The van der Waals surface area contributed by atoms with Crippen LogP contribution in [-0.2, 0) is 13.0 Å². The van der Waals surface area contributed by atoms with Crippen molar-refractivity contribution in [2.24, 2.45) is 0 Å². The number of hydrogen-bond donors (Lipinski definition) is 0. The van der Waals surface area contributed by atoms with Crippen LogP contribution in [0.25, 0.3) is 5.52 Å². The van der Waals surface area contributed by atoms with E-state index in [4.69, 9.17) is 0 Å². The molecule has 0 N–H and O–H groups in total. The molecule has 4 nitrogen and oxygen atoms in total. The Hall–Kier alpha value is -2.14. The Balaban J connectivity index is 1.68. The van der Waals surface area contributed by atoms with Crippen LogP contribution in [0.2, 0.25) is 0 Å². The number of carbonyl (C=O) groups excluding carboxylic acids is 1. The highest BCUT2D eigenvalue weighted by atomic mass is 32.1. The number of fused-ring (bicyclic) bond motifs is 2. The summed E-state index contributed by atoms with van der Waals surface area (Å²) in [7, 11) is 0. The Kier molecular flexibility index (Phi) is 2.82. The molecule has 0 aliphatic carbocycles. The molecule has 5 heteroatoms. The largest absolute Gasteiger partial charge is 0.334 e. The molecule has 0 saturated carbocycles. The summed E-state index contributed by atoms with van der Waals surface area (Å²) < 4.78 is 1.78. The average Bonchev–Trinajstić information content (AvgIpc) is 3.11. The summed E-state index contributed by atoms with van der Waals surface area (Å²) >= 11 is 1.79. The molecule has 106 valence electrons. The summed E-state index contributed by atoms with van der Waals surface area (Å²) in [5, 5.41) is 6.41. The number of amides is 1. The first-order valence-corrected chi connectivity index (χ1v) is 7.89. The first-order chi connectivity index (χ1) is 10.2. The van der Waals surface area contributed by atoms with Crippen LogP contribution in [-0.4, -0.2) is 27.0 Å². The minimum absolute atomic E-state index is 0.0747. The Morgan fingerprint density at radius 2 is 2.24 bits per heavy atom. The zero-order valence-corrected chi connectivity index (χ0v) is 12.6. The zero-order valence-electron chi connectivity index (χ0n) is 11.7. The highest BCUT2D eigenvalue weighted by Crippen LogP contribution is 2.25. The van der Waals surface area contributed by atoms with Crippen molar-refractivity contribution in [2.75, 3.05) is 6.54 Å². The van der Waals surface area contributed by atoms with E-state index in [1.807, 2.05) is 30.2 Å². The van der Waals surface area contributed by atoms with Crippen LogP contribution in [0.5, 0.6) is 0 Å². The van der Waals surface area contributed by atoms with Crippen LogP contribution in [0.15, 0.2) is 36.0 Å². The standard InChI is InChI=1S/C16H15N3OS/c1-11-2-3-14-13(8-17-19(14)9-11)16(20)18-6-4-15-12(10-18)5-7-21-15/h2-3,5,7-9H,4,6,10H2,1H3. The van der Waals surface area contributed by atoms with Gasteiger partial charge >= 0.3 is 0 Å². The maximum atomic E-state index is 12.8. The van der Waals surface area contributed by atoms with Crippen molar-refractivity contribution in [1.29, 1.82) is 0 Å². The van der Waals surface area contributed by atoms with Crippen LogP contribution in [0, 0.1) is 6.92 Å². The molecule has 3 aromatic rings. The number of nitrogens with zero attached hydrogens (tertiary/aromatic N) is 3. The molecule has 3 aromatic heterocycles. The van der Waals surface area contributed by atoms with Gasteiger partial charge in [0.2, 0.25) is 0 Å². The molecule has 0 saturated heterocycles. The van der Waals surface area contributed by atoms with E-state index in [9.17, 15) is 4.79 Å². The van der Waals surface area contributed by atoms with Crippen LogP contribution in [0.4, 0.5) is 0 Å². The van der Waals surface area contributed by atoms with Crippen LogP contribution in [0.3, 0.4) is 0 Å². The fourth-order valence-electron chi connectivity index (χ4n) is 2.84. The highest BCUT2D eigenvalue weighted by Gasteiger charge is 2.24. The first-order valence-electron chi connectivity index (χ1n) is 7.01. The Bertz CT molecular complexity index is 833. The lowest BCUT2D eigenvalue weighted by atomic mass is 10.1. The predicted octanol–water partition coefficient (Wildman–Crippen LogP) is 2.90. The third-order valence-corrected chi connectivity index (χ3v) is 5.01. The van der Waals surface area contributed by atoms with Gasteiger partial charge in [-0.2, -0.15) is 5.10 Å². The molecule has 1 amide bonds. The second kappa shape index (κ2) is 4.70. The van der Waals surface area contributed by atoms with Gasteiger partial charge in [-0.1, -0.05) is 6.07 Å². The molecule has 4 rings (SSSR count). The third kappa shape index (κ3) is 2.05. The van der Waals surface area contributed by atoms with Crippen molar-refractivity contribution >= 4 is 22.8 Å². The second-order valence-corrected chi connectivity index (χ2v) is 6.44. The van der Waals surface area contributed by atoms with E-state index in [0.29, 0.717) is 12.1 Å². The monoisotopic (exact) mass is 297 g/mol. The van der Waals surface area contributed by atoms with Crippen molar-refractivity contribution in [3.8, 4) is 0 Å². The summed E-state index contributed by atoms with van der Waals surface area (Å²) in [5.41, 5.74) is 3.98. The van der Waals surface area contributed by atoms with Gasteiger partial charge in [-0.15, -0.1) is 11.3 Å². The average molecular weight is 297 g/mol. The molecule has 0 aromatic carbocycles. The van der Waals surface area contributed by atoms with E-state index in [1.54, 1.807) is 22.0 Å². The van der Waals surface area contributed by atoms with Crippen LogP contribution < -0.4 is 0 Å². The van der Waals surface area contributed by atoms with Gasteiger partial charge in [-0.05, 0) is 42.0 Å². The summed E-state index contributed by atoms with van der Waals surface area (Å²) in [5.74, 6) is 0.0747. The normalized spacial score (nSPS) is 14.4. The lowest BCUT2D eigenvalue weighted by molar-refractivity contribution is 0.0738. The molecule has 0 radical (unpaired) electrons. The Morgan fingerprint density at radius 1 is 1.33 bits per heavy atom. The van der Waals surface area contributed by atoms with Crippen LogP contribution >= 0.6 is 11.3 Å². The van der Waals surface area contributed by atoms with Gasteiger partial charge in [0, 0.05) is 24.2 Å². The Morgan fingerprint density at radius 3 is 3.14 bits per heavy atom. The molecule has 0 spiro atoms. The number of pyridine rings is 1. The fourth-order valence-corrected chi connectivity index (χ4v) is 3.73. The molecule has 1 aliphatic heterocycles. The minimum atomic E-state index is 0.0747. The SMILES string of the molecule is Cc1ccc2c(C(=O)N3CCc4sccc4C3)cnn2c1. The van der Waals surface area contributed by atoms with Gasteiger partial charge in [-0.3, -0.25) is 4.79 Å². The van der Waals surface area contributed by atoms with E-state index in [2.05, 4.69) is 16.5 Å². The number of carbonyl (C=O) groups is 1. The van der Waals surface area contributed by atoms with Crippen molar-refractivity contribution in [3.63, 3.8) is 0 Å². The summed E-state index contributed by atoms with van der Waals surface area (Å²) in [6, 6.07) is 6.11. The fraction of sp³-hybridized carbons (Fsp3) is 0.250. The summed E-state index contributed by atoms with van der Waals surface area (Å²) in [6.45, 7) is 3.52. The van der Waals surface area contributed by atoms with E-state index in [1.165, 1.54) is 10.4 Å². The molecule has 0 unspecified atom stereocenters. The Labute approximate surface area is 126 Å². The van der Waals surface area contributed by atoms with Gasteiger partial charge in [0.1, 0.15) is 0 Å². The molecule has 1 aliphatic rings. The summed E-state index contributed by atoms with van der Waals surface area (Å²) in [4.78, 5) is 16.1. The molecule has 0 atom stereocenters. The van der Waals surface area contributed by atoms with Crippen molar-refractivity contribution in [2.45, 2.75) is 19.9 Å². The molecule has 21 heavy (non-hydrogen) atoms. The van der Waals surface area contributed by atoms with Crippen LogP contribution in [0.1, 0.15) is 26.4 Å². The molecule has 0 bridgehead atoms. The highest BCUT2D eigenvalue weighted by molar-refractivity contribution is 7.10. The lowest BCUT2D eigenvalue weighted by Crippen LogP contribution is -2.35. The lowest BCUT2D eigenvalue weighted by Gasteiger charge is -2.26. The minimum Gasteiger partial charge on any atom is -0.334 e. The number of thiophene rings is 1. The van der Waals surface area contributed by atoms with Gasteiger partial charge < -0.3 is 4.90 Å². The predicted molar refractivity (Wildman–Crippen MR) is 82.7 cm³/mol. The van der Waals surface area contributed by atoms with Crippen molar-refractivity contribution in [3.05, 3.63) is 57.5 Å². The van der Waals surface area contributed by atoms with Gasteiger partial charge in [0.05, 0.1) is 17.3 Å². The smallest absolute Gasteiger partial charge is 0.258 e. The maximum Gasteiger partial charge on any atom is 0.258 e. The van der Waals surface area contributed by atoms with Gasteiger partial charge in [0.25, 0.3) is 5.91 Å². The number of aromatic nitrogens is 2. The maximum absolute atomic E-state index is 12.8. The quantitative estimate of drug-likeness (QED) is 0.692. The van der Waals surface area contributed by atoms with Crippen molar-refractivity contribution < 1.29 is 4.79 Å². The number of hydrogen-bond acceptors (Lipinski definition) is 3. The molecule has 0 fully saturated rings. The van der Waals surface area contributed by atoms with Crippen molar-refractivity contribution in [1.82, 2.24) is 14.5 Å². The van der Waals surface area contributed by atoms with E-state index in [0.717, 1.165) is 24.0 Å². The number of aryl methyl sites for hydroxylation is 1. The summed E-state index contributed by atoms with van der Waals surface area (Å²) in [6.07, 6.45) is 4.58. The van der Waals surface area contributed by atoms with E-state index < -0.39 is 0 Å². The third-order valence-electron chi connectivity index (χ3n) is 3.99. The second-order valence-electron chi connectivity index (χ2n) is 5.44. The zero-order chi connectivity index (χ0) is 14.4.